The minimum absolute atomic E-state index is 0.00677. The van der Waals surface area contributed by atoms with Crippen molar-refractivity contribution in [2.24, 2.45) is 0 Å². The predicted octanol–water partition coefficient (Wildman–Crippen LogP) is 1.99. The molecule has 3 heterocycles. The molecule has 0 fully saturated rings. The van der Waals surface area contributed by atoms with Gasteiger partial charge in [-0.1, -0.05) is 20.8 Å². The first-order valence-electron chi connectivity index (χ1n) is 6.56. The number of thiazole rings is 1. The number of hydrogen-bond donors (Lipinski definition) is 0. The van der Waals surface area contributed by atoms with Crippen LogP contribution < -0.4 is 5.56 Å². The molecule has 0 atom stereocenters. The number of aromatic nitrogens is 5. The molecule has 0 radical (unpaired) electrons. The maximum absolute atomic E-state index is 12.3. The van der Waals surface area contributed by atoms with Crippen molar-refractivity contribution in [1.82, 2.24) is 24.5 Å². The fraction of sp³-hybridized carbons (Fsp3) is 0.357. The fourth-order valence-corrected chi connectivity index (χ4v) is 2.89. The zero-order valence-corrected chi connectivity index (χ0v) is 12.9. The Hall–Kier alpha value is -2.15. The minimum atomic E-state index is -0.194. The van der Waals surface area contributed by atoms with Crippen LogP contribution in [0.3, 0.4) is 0 Å². The highest BCUT2D eigenvalue weighted by molar-refractivity contribution is 7.09. The third-order valence-corrected chi connectivity index (χ3v) is 3.92. The molecule has 21 heavy (non-hydrogen) atoms. The van der Waals surface area contributed by atoms with Gasteiger partial charge in [0, 0.05) is 23.2 Å². The molecule has 7 heteroatoms. The molecular formula is C14H15N5OS. The molecule has 108 valence electrons. The monoisotopic (exact) mass is 301 g/mol. The lowest BCUT2D eigenvalue weighted by Gasteiger charge is -2.14. The second-order valence-corrected chi connectivity index (χ2v) is 6.73. The van der Waals surface area contributed by atoms with E-state index in [1.54, 1.807) is 11.3 Å². The zero-order valence-electron chi connectivity index (χ0n) is 12.1. The number of hydrogen-bond acceptors (Lipinski definition) is 6. The van der Waals surface area contributed by atoms with Crippen LogP contribution in [0.1, 0.15) is 31.5 Å². The maximum atomic E-state index is 12.3. The molecule has 3 aromatic heterocycles. The molecule has 6 nitrogen and oxygen atoms in total. The van der Waals surface area contributed by atoms with Gasteiger partial charge < -0.3 is 0 Å². The van der Waals surface area contributed by atoms with Crippen LogP contribution >= 0.6 is 11.3 Å². The van der Waals surface area contributed by atoms with Crippen LogP contribution in [0.2, 0.25) is 0 Å². The van der Waals surface area contributed by atoms with E-state index in [4.69, 9.17) is 0 Å². The fourth-order valence-electron chi connectivity index (χ4n) is 1.88. The second-order valence-electron chi connectivity index (χ2n) is 5.78. The largest absolute Gasteiger partial charge is 0.290 e. The predicted molar refractivity (Wildman–Crippen MR) is 81.5 cm³/mol. The van der Waals surface area contributed by atoms with E-state index < -0.39 is 0 Å². The van der Waals surface area contributed by atoms with Gasteiger partial charge in [-0.05, 0) is 0 Å². The second kappa shape index (κ2) is 5.00. The van der Waals surface area contributed by atoms with Gasteiger partial charge in [0.1, 0.15) is 11.3 Å². The van der Waals surface area contributed by atoms with Gasteiger partial charge in [0.25, 0.3) is 5.56 Å². The Morgan fingerprint density at radius 3 is 2.67 bits per heavy atom. The Kier molecular flexibility index (Phi) is 3.29. The van der Waals surface area contributed by atoms with E-state index in [9.17, 15) is 4.79 Å². The zero-order chi connectivity index (χ0) is 15.0. The summed E-state index contributed by atoms with van der Waals surface area (Å²) in [7, 11) is 0. The quantitative estimate of drug-likeness (QED) is 0.723. The lowest BCUT2D eigenvalue weighted by molar-refractivity contribution is 0.569. The van der Waals surface area contributed by atoms with E-state index in [1.807, 2.05) is 5.38 Å². The Labute approximate surface area is 125 Å². The van der Waals surface area contributed by atoms with Crippen molar-refractivity contribution in [2.75, 3.05) is 0 Å². The highest BCUT2D eigenvalue weighted by Gasteiger charge is 2.17. The first kappa shape index (κ1) is 13.8. The molecule has 0 bridgehead atoms. The van der Waals surface area contributed by atoms with Gasteiger partial charge in [-0.25, -0.2) is 19.9 Å². The summed E-state index contributed by atoms with van der Waals surface area (Å²) >= 11 is 1.55. The van der Waals surface area contributed by atoms with Gasteiger partial charge in [0.2, 0.25) is 0 Å². The summed E-state index contributed by atoms with van der Waals surface area (Å²) in [5.74, 6) is 0. The lowest BCUT2D eigenvalue weighted by Crippen LogP contribution is -2.22. The van der Waals surface area contributed by atoms with Crippen molar-refractivity contribution >= 4 is 22.5 Å². The van der Waals surface area contributed by atoms with Crippen LogP contribution in [0.15, 0.2) is 28.9 Å². The van der Waals surface area contributed by atoms with Crippen molar-refractivity contribution in [3.05, 3.63) is 45.2 Å². The summed E-state index contributed by atoms with van der Waals surface area (Å²) < 4.78 is 1.52. The lowest BCUT2D eigenvalue weighted by atomic mass is 9.93. The summed E-state index contributed by atoms with van der Waals surface area (Å²) in [6.07, 6.45) is 4.52. The Morgan fingerprint density at radius 1 is 1.19 bits per heavy atom. The Balaban J connectivity index is 1.97. The highest BCUT2D eigenvalue weighted by atomic mass is 32.1. The molecule has 0 aliphatic carbocycles. The van der Waals surface area contributed by atoms with E-state index in [2.05, 4.69) is 40.7 Å². The number of fused-ring (bicyclic) bond motifs is 1. The standard InChI is InChI=1S/C14H15N5OS/c1-14(2,3)9-7-21-10(18-9)6-19-8-17-12-11(13(19)20)15-4-5-16-12/h4-5,7-8H,6H2,1-3H3. The Bertz CT molecular complexity index is 846. The third kappa shape index (κ3) is 2.69. The third-order valence-electron chi connectivity index (χ3n) is 3.09. The smallest absolute Gasteiger partial charge is 0.281 e. The van der Waals surface area contributed by atoms with Crippen LogP contribution in [-0.4, -0.2) is 24.5 Å². The van der Waals surface area contributed by atoms with E-state index >= 15 is 0 Å². The summed E-state index contributed by atoms with van der Waals surface area (Å²) in [4.78, 5) is 29.2. The summed E-state index contributed by atoms with van der Waals surface area (Å²) in [6.45, 7) is 6.75. The molecule has 0 unspecified atom stereocenters. The molecular weight excluding hydrogens is 286 g/mol. The average molecular weight is 301 g/mol. The van der Waals surface area contributed by atoms with Crippen molar-refractivity contribution in [3.8, 4) is 0 Å². The van der Waals surface area contributed by atoms with Crippen LogP contribution in [0.5, 0.6) is 0 Å². The average Bonchev–Trinajstić information content (AvgIpc) is 2.91. The van der Waals surface area contributed by atoms with Crippen LogP contribution in [0.4, 0.5) is 0 Å². The van der Waals surface area contributed by atoms with Crippen molar-refractivity contribution < 1.29 is 0 Å². The maximum Gasteiger partial charge on any atom is 0.281 e. The SMILES string of the molecule is CC(C)(C)c1csc(Cn2cnc3nccnc3c2=O)n1. The van der Waals surface area contributed by atoms with Crippen LogP contribution in [-0.2, 0) is 12.0 Å². The van der Waals surface area contributed by atoms with E-state index in [1.165, 1.54) is 23.3 Å². The molecule has 0 aromatic carbocycles. The van der Waals surface area contributed by atoms with Gasteiger partial charge in [-0.15, -0.1) is 11.3 Å². The van der Waals surface area contributed by atoms with Gasteiger partial charge in [-0.2, -0.15) is 0 Å². The number of nitrogens with zero attached hydrogens (tertiary/aromatic N) is 5. The van der Waals surface area contributed by atoms with E-state index in [0.717, 1.165) is 10.7 Å². The first-order valence-corrected chi connectivity index (χ1v) is 7.44. The molecule has 0 saturated carbocycles. The minimum Gasteiger partial charge on any atom is -0.290 e. The molecule has 3 aromatic rings. The van der Waals surface area contributed by atoms with Crippen LogP contribution in [0.25, 0.3) is 11.2 Å². The van der Waals surface area contributed by atoms with Gasteiger partial charge in [0.15, 0.2) is 11.2 Å². The molecule has 0 saturated heterocycles. The normalized spacial score (nSPS) is 12.0. The number of rotatable bonds is 2. The van der Waals surface area contributed by atoms with Gasteiger partial charge in [0.05, 0.1) is 12.2 Å². The Morgan fingerprint density at radius 2 is 1.95 bits per heavy atom. The van der Waals surface area contributed by atoms with E-state index in [-0.39, 0.29) is 16.5 Å². The molecule has 0 spiro atoms. The van der Waals surface area contributed by atoms with Gasteiger partial charge >= 0.3 is 0 Å². The topological polar surface area (TPSA) is 73.6 Å². The highest BCUT2D eigenvalue weighted by Crippen LogP contribution is 2.24. The van der Waals surface area contributed by atoms with Crippen molar-refractivity contribution in [1.29, 1.82) is 0 Å². The van der Waals surface area contributed by atoms with Gasteiger partial charge in [-0.3, -0.25) is 9.36 Å². The summed E-state index contributed by atoms with van der Waals surface area (Å²) in [5, 5.41) is 2.92. The molecule has 0 N–H and O–H groups in total. The van der Waals surface area contributed by atoms with Crippen LogP contribution in [0, 0.1) is 0 Å². The van der Waals surface area contributed by atoms with E-state index in [0.29, 0.717) is 12.2 Å². The van der Waals surface area contributed by atoms with Crippen molar-refractivity contribution in [2.45, 2.75) is 32.7 Å². The molecule has 0 aliphatic rings. The molecule has 3 rings (SSSR count). The summed E-state index contributed by atoms with van der Waals surface area (Å²) in [6, 6.07) is 0. The summed E-state index contributed by atoms with van der Waals surface area (Å²) in [5.41, 5.74) is 1.50. The molecule has 0 aliphatic heterocycles. The first-order chi connectivity index (χ1) is 9.95. The van der Waals surface area contributed by atoms with Crippen molar-refractivity contribution in [3.63, 3.8) is 0 Å². The molecule has 0 amide bonds.